The minimum absolute atomic E-state index is 0.156. The Hall–Kier alpha value is -3.67. The number of carbonyl (C=O) groups excluding carboxylic acids is 2. The summed E-state index contributed by atoms with van der Waals surface area (Å²) in [6.07, 6.45) is 1.43. The number of para-hydroxylation sites is 2. The molecular weight excluding hydrogens is 342 g/mol. The van der Waals surface area contributed by atoms with Gasteiger partial charge in [-0.2, -0.15) is 0 Å². The Balaban J connectivity index is 1.75. The molecule has 0 bridgehead atoms. The van der Waals surface area contributed by atoms with E-state index in [1.165, 1.54) is 19.4 Å². The molecule has 0 aliphatic heterocycles. The third-order valence-electron chi connectivity index (χ3n) is 3.92. The summed E-state index contributed by atoms with van der Waals surface area (Å²) in [6, 6.07) is 17.5. The van der Waals surface area contributed by atoms with Gasteiger partial charge in [0.25, 0.3) is 11.8 Å². The first-order valence-electron chi connectivity index (χ1n) is 8.35. The zero-order valence-electron chi connectivity index (χ0n) is 15.0. The summed E-state index contributed by atoms with van der Waals surface area (Å²) < 4.78 is 5.23. The molecule has 2 aromatic carbocycles. The number of methoxy groups -OCH3 is 1. The van der Waals surface area contributed by atoms with Gasteiger partial charge in [-0.3, -0.25) is 14.6 Å². The van der Waals surface area contributed by atoms with Crippen molar-refractivity contribution in [2.75, 3.05) is 17.7 Å². The van der Waals surface area contributed by atoms with Crippen LogP contribution < -0.4 is 15.4 Å². The molecule has 2 amide bonds. The van der Waals surface area contributed by atoms with E-state index in [0.29, 0.717) is 22.7 Å². The second-order valence-electron chi connectivity index (χ2n) is 5.90. The smallest absolute Gasteiger partial charge is 0.274 e. The minimum Gasteiger partial charge on any atom is -0.495 e. The molecule has 6 nitrogen and oxygen atoms in total. The van der Waals surface area contributed by atoms with Crippen LogP contribution in [0, 0.1) is 6.92 Å². The van der Waals surface area contributed by atoms with Crippen LogP contribution in [-0.2, 0) is 0 Å². The number of nitrogens with zero attached hydrogens (tertiary/aromatic N) is 1. The Morgan fingerprint density at radius 2 is 1.67 bits per heavy atom. The monoisotopic (exact) mass is 361 g/mol. The molecule has 0 radical (unpaired) electrons. The lowest BCUT2D eigenvalue weighted by atomic mass is 10.2. The number of aryl methyl sites for hydroxylation is 1. The van der Waals surface area contributed by atoms with Gasteiger partial charge in [-0.25, -0.2) is 0 Å². The molecule has 6 heteroatoms. The fourth-order valence-corrected chi connectivity index (χ4v) is 2.47. The summed E-state index contributed by atoms with van der Waals surface area (Å²) in [5, 5.41) is 5.54. The molecule has 3 aromatic rings. The van der Waals surface area contributed by atoms with Gasteiger partial charge in [0.05, 0.1) is 12.8 Å². The Labute approximate surface area is 157 Å². The summed E-state index contributed by atoms with van der Waals surface area (Å²) in [5.74, 6) is -0.186. The average Bonchev–Trinajstić information content (AvgIpc) is 2.70. The number of rotatable bonds is 5. The predicted octanol–water partition coefficient (Wildman–Crippen LogP) is 3.90. The number of hydrogen-bond acceptors (Lipinski definition) is 4. The normalized spacial score (nSPS) is 10.1. The number of nitrogens with one attached hydrogen (secondary N) is 2. The Kier molecular flexibility index (Phi) is 5.47. The molecule has 1 aromatic heterocycles. The average molecular weight is 361 g/mol. The van der Waals surface area contributed by atoms with Crippen molar-refractivity contribution < 1.29 is 14.3 Å². The van der Waals surface area contributed by atoms with Crippen LogP contribution in [-0.4, -0.2) is 23.9 Å². The van der Waals surface area contributed by atoms with Crippen molar-refractivity contribution in [1.82, 2.24) is 4.98 Å². The zero-order chi connectivity index (χ0) is 19.2. The van der Waals surface area contributed by atoms with Crippen molar-refractivity contribution in [3.05, 3.63) is 83.7 Å². The van der Waals surface area contributed by atoms with Gasteiger partial charge in [-0.05, 0) is 43.3 Å². The number of hydrogen-bond donors (Lipinski definition) is 2. The predicted molar refractivity (Wildman–Crippen MR) is 104 cm³/mol. The molecule has 2 N–H and O–H groups in total. The standard InChI is InChI=1S/C21H19N3O3/c1-14-7-9-16(10-8-14)23-21(26)18-13-15(11-12-22-18)20(25)24-17-5-3-4-6-19(17)27-2/h3-13H,1-2H3,(H,23,26)(H,24,25). The molecule has 0 aliphatic rings. The number of pyridine rings is 1. The van der Waals surface area contributed by atoms with Crippen molar-refractivity contribution in [1.29, 1.82) is 0 Å². The molecule has 136 valence electrons. The SMILES string of the molecule is COc1ccccc1NC(=O)c1ccnc(C(=O)Nc2ccc(C)cc2)c1. The van der Waals surface area contributed by atoms with E-state index in [1.807, 2.05) is 37.3 Å². The first kappa shape index (κ1) is 18.1. The quantitative estimate of drug-likeness (QED) is 0.722. The van der Waals surface area contributed by atoms with Gasteiger partial charge in [0.2, 0.25) is 0 Å². The summed E-state index contributed by atoms with van der Waals surface area (Å²) in [7, 11) is 1.53. The van der Waals surface area contributed by atoms with Crippen LogP contribution in [0.2, 0.25) is 0 Å². The lowest BCUT2D eigenvalue weighted by Gasteiger charge is -2.10. The highest BCUT2D eigenvalue weighted by molar-refractivity contribution is 6.08. The Bertz CT molecular complexity index is 968. The van der Waals surface area contributed by atoms with Gasteiger partial charge in [0.15, 0.2) is 0 Å². The second-order valence-corrected chi connectivity index (χ2v) is 5.90. The molecule has 0 saturated carbocycles. The topological polar surface area (TPSA) is 80.3 Å². The zero-order valence-corrected chi connectivity index (χ0v) is 15.0. The highest BCUT2D eigenvalue weighted by Gasteiger charge is 2.13. The highest BCUT2D eigenvalue weighted by atomic mass is 16.5. The van der Waals surface area contributed by atoms with Crippen molar-refractivity contribution in [2.24, 2.45) is 0 Å². The maximum atomic E-state index is 12.5. The van der Waals surface area contributed by atoms with Crippen molar-refractivity contribution >= 4 is 23.2 Å². The van der Waals surface area contributed by atoms with Crippen molar-refractivity contribution in [3.63, 3.8) is 0 Å². The van der Waals surface area contributed by atoms with Crippen LogP contribution in [0.15, 0.2) is 66.9 Å². The number of ether oxygens (including phenoxy) is 1. The molecule has 1 heterocycles. The van der Waals surface area contributed by atoms with E-state index in [4.69, 9.17) is 4.74 Å². The van der Waals surface area contributed by atoms with Gasteiger partial charge in [0.1, 0.15) is 11.4 Å². The van der Waals surface area contributed by atoms with E-state index in [-0.39, 0.29) is 17.5 Å². The minimum atomic E-state index is -0.384. The molecule has 0 aliphatic carbocycles. The van der Waals surface area contributed by atoms with E-state index in [0.717, 1.165) is 5.56 Å². The maximum Gasteiger partial charge on any atom is 0.274 e. The van der Waals surface area contributed by atoms with E-state index < -0.39 is 0 Å². The fourth-order valence-electron chi connectivity index (χ4n) is 2.47. The lowest BCUT2D eigenvalue weighted by molar-refractivity contribution is 0.102. The molecule has 0 saturated heterocycles. The fraction of sp³-hybridized carbons (Fsp3) is 0.0952. The van der Waals surface area contributed by atoms with Crippen molar-refractivity contribution in [2.45, 2.75) is 6.92 Å². The molecule has 0 spiro atoms. The third kappa shape index (κ3) is 4.49. The summed E-state index contributed by atoms with van der Waals surface area (Å²) in [6.45, 7) is 1.97. The van der Waals surface area contributed by atoms with E-state index in [2.05, 4.69) is 15.6 Å². The van der Waals surface area contributed by atoms with E-state index in [9.17, 15) is 9.59 Å². The van der Waals surface area contributed by atoms with Crippen LogP contribution in [0.5, 0.6) is 5.75 Å². The largest absolute Gasteiger partial charge is 0.495 e. The molecule has 0 atom stereocenters. The van der Waals surface area contributed by atoms with E-state index >= 15 is 0 Å². The highest BCUT2D eigenvalue weighted by Crippen LogP contribution is 2.23. The van der Waals surface area contributed by atoms with Gasteiger partial charge in [0, 0.05) is 17.4 Å². The van der Waals surface area contributed by atoms with E-state index in [1.54, 1.807) is 24.3 Å². The summed E-state index contributed by atoms with van der Waals surface area (Å²) >= 11 is 0. The Morgan fingerprint density at radius 3 is 2.41 bits per heavy atom. The van der Waals surface area contributed by atoms with Gasteiger partial charge in [-0.1, -0.05) is 29.8 Å². The molecule has 3 rings (SSSR count). The van der Waals surface area contributed by atoms with Gasteiger partial charge < -0.3 is 15.4 Å². The number of carbonyl (C=O) groups is 2. The number of anilines is 2. The molecule has 27 heavy (non-hydrogen) atoms. The van der Waals surface area contributed by atoms with Crippen LogP contribution in [0.25, 0.3) is 0 Å². The second kappa shape index (κ2) is 8.14. The summed E-state index contributed by atoms with van der Waals surface area (Å²) in [4.78, 5) is 29.0. The van der Waals surface area contributed by atoms with Gasteiger partial charge in [-0.15, -0.1) is 0 Å². The number of aromatic nitrogens is 1. The molecule has 0 unspecified atom stereocenters. The third-order valence-corrected chi connectivity index (χ3v) is 3.92. The van der Waals surface area contributed by atoms with Crippen LogP contribution in [0.4, 0.5) is 11.4 Å². The molecular formula is C21H19N3O3. The lowest BCUT2D eigenvalue weighted by Crippen LogP contribution is -2.17. The van der Waals surface area contributed by atoms with Crippen LogP contribution in [0.1, 0.15) is 26.4 Å². The first-order chi connectivity index (χ1) is 13.1. The van der Waals surface area contributed by atoms with Crippen LogP contribution in [0.3, 0.4) is 0 Å². The number of benzene rings is 2. The Morgan fingerprint density at radius 1 is 0.926 bits per heavy atom. The molecule has 0 fully saturated rings. The van der Waals surface area contributed by atoms with Gasteiger partial charge >= 0.3 is 0 Å². The summed E-state index contributed by atoms with van der Waals surface area (Å²) in [5.41, 5.74) is 2.79. The maximum absolute atomic E-state index is 12.5. The van der Waals surface area contributed by atoms with Crippen LogP contribution >= 0.6 is 0 Å². The van der Waals surface area contributed by atoms with Crippen molar-refractivity contribution in [3.8, 4) is 5.75 Å². The first-order valence-corrected chi connectivity index (χ1v) is 8.35. The number of amides is 2.